The molecule has 0 spiro atoms. The minimum atomic E-state index is -5.83. The SMILES string of the molecule is CCC(C)(C)C(CF)c1ccc(CC=S(C)(F)(F)F)cc1. The Hall–Kier alpha value is -0.840. The van der Waals surface area contributed by atoms with E-state index in [1.165, 1.54) is 0 Å². The van der Waals surface area contributed by atoms with E-state index in [2.05, 4.69) is 0 Å². The number of rotatable bonds is 6. The summed E-state index contributed by atoms with van der Waals surface area (Å²) in [7, 11) is -5.83. The summed E-state index contributed by atoms with van der Waals surface area (Å²) in [6.07, 6.45) is 1.06. The fraction of sp³-hybridized carbons (Fsp3) is 0.562. The molecule has 0 aromatic heterocycles. The number of halogens is 4. The van der Waals surface area contributed by atoms with Gasteiger partial charge in [-0.25, -0.2) is 0 Å². The highest BCUT2D eigenvalue weighted by Crippen LogP contribution is 2.60. The molecule has 1 aromatic rings. The molecular weight excluding hydrogens is 300 g/mol. The highest BCUT2D eigenvalue weighted by Gasteiger charge is 2.29. The fourth-order valence-electron chi connectivity index (χ4n) is 2.16. The van der Waals surface area contributed by atoms with Gasteiger partial charge in [-0.2, -0.15) is 0 Å². The number of hydrogen-bond donors (Lipinski definition) is 0. The van der Waals surface area contributed by atoms with Crippen LogP contribution in [0.15, 0.2) is 24.3 Å². The van der Waals surface area contributed by atoms with Crippen LogP contribution in [0.5, 0.6) is 0 Å². The molecule has 0 nitrogen and oxygen atoms in total. The molecule has 0 amide bonds. The molecule has 0 N–H and O–H groups in total. The summed E-state index contributed by atoms with van der Waals surface area (Å²) in [4.78, 5) is 0. The van der Waals surface area contributed by atoms with E-state index in [1.54, 1.807) is 24.3 Å². The summed E-state index contributed by atoms with van der Waals surface area (Å²) >= 11 is 0. The van der Waals surface area contributed by atoms with Crippen molar-refractivity contribution >= 4 is 15.3 Å². The lowest BCUT2D eigenvalue weighted by Crippen LogP contribution is -2.23. The summed E-state index contributed by atoms with van der Waals surface area (Å²) < 4.78 is 52.0. The summed E-state index contributed by atoms with van der Waals surface area (Å²) in [6, 6.07) is 6.83. The molecule has 21 heavy (non-hydrogen) atoms. The van der Waals surface area contributed by atoms with E-state index in [0.717, 1.165) is 12.0 Å². The van der Waals surface area contributed by atoms with Crippen molar-refractivity contribution in [1.82, 2.24) is 0 Å². The zero-order valence-electron chi connectivity index (χ0n) is 13.0. The Morgan fingerprint density at radius 1 is 1.14 bits per heavy atom. The average Bonchev–Trinajstić information content (AvgIpc) is 2.37. The van der Waals surface area contributed by atoms with Crippen molar-refractivity contribution in [3.63, 3.8) is 0 Å². The van der Waals surface area contributed by atoms with Crippen LogP contribution in [0.3, 0.4) is 0 Å². The van der Waals surface area contributed by atoms with E-state index in [0.29, 0.717) is 17.2 Å². The van der Waals surface area contributed by atoms with Crippen molar-refractivity contribution in [2.24, 2.45) is 5.41 Å². The van der Waals surface area contributed by atoms with Crippen molar-refractivity contribution in [3.05, 3.63) is 35.4 Å². The van der Waals surface area contributed by atoms with E-state index in [4.69, 9.17) is 0 Å². The summed E-state index contributed by atoms with van der Waals surface area (Å²) in [5, 5.41) is 0.453. The quantitative estimate of drug-likeness (QED) is 0.435. The van der Waals surface area contributed by atoms with Gasteiger partial charge >= 0.3 is 0 Å². The predicted molar refractivity (Wildman–Crippen MR) is 85.8 cm³/mol. The Morgan fingerprint density at radius 3 is 2.05 bits per heavy atom. The maximum atomic E-state index is 13.3. The molecule has 0 fully saturated rings. The van der Waals surface area contributed by atoms with Gasteiger partial charge in [-0.1, -0.05) is 51.5 Å². The monoisotopic (exact) mass is 324 g/mol. The van der Waals surface area contributed by atoms with Gasteiger partial charge in [-0.05, 0) is 16.5 Å². The smallest absolute Gasteiger partial charge is 0.133 e. The Bertz CT molecular complexity index is 516. The van der Waals surface area contributed by atoms with Gasteiger partial charge in [0.1, 0.15) is 9.91 Å². The van der Waals surface area contributed by atoms with E-state index >= 15 is 0 Å². The zero-order valence-corrected chi connectivity index (χ0v) is 13.8. The average molecular weight is 324 g/mol. The lowest BCUT2D eigenvalue weighted by atomic mass is 9.74. The first kappa shape index (κ1) is 18.2. The molecule has 122 valence electrons. The first-order valence-electron chi connectivity index (χ1n) is 7.00. The fourth-order valence-corrected chi connectivity index (χ4v) is 2.70. The van der Waals surface area contributed by atoms with Crippen LogP contribution >= 0.6 is 9.91 Å². The molecule has 1 aromatic carbocycles. The minimum Gasteiger partial charge on any atom is -0.250 e. The van der Waals surface area contributed by atoms with Crippen LogP contribution in [0.25, 0.3) is 0 Å². The van der Waals surface area contributed by atoms with Crippen LogP contribution in [0, 0.1) is 5.41 Å². The Kier molecular flexibility index (Phi) is 5.30. The molecule has 1 rings (SSSR count). The first-order valence-corrected chi connectivity index (χ1v) is 9.22. The number of benzene rings is 1. The van der Waals surface area contributed by atoms with Crippen LogP contribution < -0.4 is 0 Å². The molecule has 1 unspecified atom stereocenters. The van der Waals surface area contributed by atoms with Crippen molar-refractivity contribution in [2.75, 3.05) is 12.9 Å². The van der Waals surface area contributed by atoms with E-state index in [1.807, 2.05) is 20.8 Å². The molecule has 5 heteroatoms. The zero-order chi connectivity index (χ0) is 16.3. The summed E-state index contributed by atoms with van der Waals surface area (Å²) in [6.45, 7) is 5.57. The first-order chi connectivity index (χ1) is 9.44. The van der Waals surface area contributed by atoms with Gasteiger partial charge in [0.15, 0.2) is 0 Å². The molecule has 0 aliphatic carbocycles. The topological polar surface area (TPSA) is 0 Å². The maximum Gasteiger partial charge on any atom is 0.133 e. The third-order valence-corrected chi connectivity index (χ3v) is 4.94. The van der Waals surface area contributed by atoms with Crippen molar-refractivity contribution < 1.29 is 16.0 Å². The molecule has 0 aliphatic rings. The van der Waals surface area contributed by atoms with Gasteiger partial charge in [-0.15, -0.1) is 11.7 Å². The van der Waals surface area contributed by atoms with Crippen molar-refractivity contribution in [3.8, 4) is 0 Å². The molecule has 0 heterocycles. The molecule has 0 saturated heterocycles. The standard InChI is InChI=1S/C16H24F4S/c1-5-16(2,3)15(12-17)14-8-6-13(7-9-14)10-11-21(4,18,19)20/h6-9,11,15H,5,10,12H2,1-4H3. The normalized spacial score (nSPS) is 16.1. The molecule has 0 bridgehead atoms. The van der Waals surface area contributed by atoms with Crippen molar-refractivity contribution in [2.45, 2.75) is 39.5 Å². The van der Waals surface area contributed by atoms with Crippen LogP contribution in [0.4, 0.5) is 16.0 Å². The Morgan fingerprint density at radius 2 is 1.67 bits per heavy atom. The minimum absolute atomic E-state index is 0.125. The van der Waals surface area contributed by atoms with E-state index in [-0.39, 0.29) is 17.8 Å². The summed E-state index contributed by atoms with van der Waals surface area (Å²) in [5.41, 5.74) is 1.28. The van der Waals surface area contributed by atoms with Crippen LogP contribution in [0.1, 0.15) is 44.2 Å². The number of alkyl halides is 1. The Balaban J connectivity index is 2.95. The predicted octanol–water partition coefficient (Wildman–Crippen LogP) is 6.14. The van der Waals surface area contributed by atoms with Gasteiger partial charge in [0.2, 0.25) is 0 Å². The van der Waals surface area contributed by atoms with Gasteiger partial charge in [0, 0.05) is 24.0 Å². The molecule has 1 atom stereocenters. The lowest BCUT2D eigenvalue weighted by Gasteiger charge is -2.32. The van der Waals surface area contributed by atoms with Crippen molar-refractivity contribution in [1.29, 1.82) is 0 Å². The highest BCUT2D eigenvalue weighted by molar-refractivity contribution is 8.34. The van der Waals surface area contributed by atoms with Gasteiger partial charge in [0.25, 0.3) is 0 Å². The van der Waals surface area contributed by atoms with Crippen LogP contribution in [0.2, 0.25) is 0 Å². The van der Waals surface area contributed by atoms with E-state index in [9.17, 15) is 16.0 Å². The number of hydrogen-bond acceptors (Lipinski definition) is 0. The lowest BCUT2D eigenvalue weighted by molar-refractivity contribution is 0.229. The second-order valence-corrected chi connectivity index (χ2v) is 8.92. The molecule has 0 aliphatic heterocycles. The van der Waals surface area contributed by atoms with Gasteiger partial charge in [0.05, 0.1) is 6.67 Å². The second kappa shape index (κ2) is 6.11. The van der Waals surface area contributed by atoms with E-state index < -0.39 is 16.6 Å². The second-order valence-electron chi connectivity index (χ2n) is 6.30. The highest BCUT2D eigenvalue weighted by atomic mass is 32.4. The third-order valence-electron chi connectivity index (χ3n) is 4.07. The van der Waals surface area contributed by atoms with Gasteiger partial charge in [-0.3, -0.25) is 4.39 Å². The third kappa shape index (κ3) is 5.81. The molecule has 0 saturated carbocycles. The van der Waals surface area contributed by atoms with Gasteiger partial charge < -0.3 is 0 Å². The Labute approximate surface area is 125 Å². The molecule has 0 radical (unpaired) electrons. The van der Waals surface area contributed by atoms with Crippen LogP contribution in [-0.4, -0.2) is 18.3 Å². The largest absolute Gasteiger partial charge is 0.250 e. The summed E-state index contributed by atoms with van der Waals surface area (Å²) in [5.74, 6) is -0.229. The maximum absolute atomic E-state index is 13.3. The van der Waals surface area contributed by atoms with Crippen LogP contribution in [-0.2, 0) is 6.42 Å². The molecular formula is C16H24F4S.